The fourth-order valence-electron chi connectivity index (χ4n) is 0.853. The highest BCUT2D eigenvalue weighted by molar-refractivity contribution is 6.83. The van der Waals surface area contributed by atoms with Crippen molar-refractivity contribution < 1.29 is 4.79 Å². The van der Waals surface area contributed by atoms with Crippen LogP contribution in [0.3, 0.4) is 0 Å². The van der Waals surface area contributed by atoms with Gasteiger partial charge in [-0.1, -0.05) is 40.8 Å². The molecule has 66 valence electrons. The molecule has 0 spiro atoms. The maximum Gasteiger partial charge on any atom is 0.120 e. The first-order chi connectivity index (χ1) is 4.73. The third-order valence-corrected chi connectivity index (χ3v) is 9.55. The molecule has 0 aromatic rings. The van der Waals surface area contributed by atoms with Crippen LogP contribution in [0.2, 0.25) is 23.7 Å². The molecule has 0 aliphatic rings. The molecule has 0 rings (SSSR count). The number of hydrogen-bond acceptors (Lipinski definition) is 1. The molecule has 1 unspecified atom stereocenters. The Morgan fingerprint density at radius 3 is 1.73 bits per heavy atom. The zero-order chi connectivity index (χ0) is 9.28. The summed E-state index contributed by atoms with van der Waals surface area (Å²) in [6, 6.07) is 0. The third kappa shape index (κ3) is 2.16. The quantitative estimate of drug-likeness (QED) is 0.462. The molecule has 1 atom stereocenters. The predicted octanol–water partition coefficient (Wildman–Crippen LogP) is 3.08. The van der Waals surface area contributed by atoms with Gasteiger partial charge in [-0.05, 0) is 5.04 Å². The Morgan fingerprint density at radius 1 is 1.27 bits per heavy atom. The Hall–Kier alpha value is -0.113. The summed E-state index contributed by atoms with van der Waals surface area (Å²) in [5.74, 6) is 0. The van der Waals surface area contributed by atoms with Crippen LogP contribution in [-0.2, 0) is 4.79 Å². The highest BCUT2D eigenvalue weighted by Crippen LogP contribution is 2.42. The van der Waals surface area contributed by atoms with Gasteiger partial charge < -0.3 is 4.79 Å². The Bertz CT molecular complexity index is 144. The van der Waals surface area contributed by atoms with Crippen molar-refractivity contribution in [3.8, 4) is 0 Å². The van der Waals surface area contributed by atoms with E-state index in [-0.39, 0.29) is 5.54 Å². The SMILES string of the molecule is CC(C=O)[Si](C)(C)C(C)(C)C. The van der Waals surface area contributed by atoms with Gasteiger partial charge in [-0.15, -0.1) is 0 Å². The van der Waals surface area contributed by atoms with Gasteiger partial charge in [0.05, 0.1) is 8.07 Å². The highest BCUT2D eigenvalue weighted by atomic mass is 28.3. The molecule has 0 amide bonds. The predicted molar refractivity (Wildman–Crippen MR) is 52.7 cm³/mol. The van der Waals surface area contributed by atoms with E-state index in [1.54, 1.807) is 0 Å². The molecule has 0 saturated heterocycles. The van der Waals surface area contributed by atoms with Crippen LogP contribution in [-0.4, -0.2) is 14.4 Å². The normalized spacial score (nSPS) is 16.2. The first kappa shape index (κ1) is 10.9. The molecule has 2 heteroatoms. The molecule has 0 bridgehead atoms. The number of rotatable bonds is 2. The summed E-state index contributed by atoms with van der Waals surface area (Å²) in [5.41, 5.74) is 0.266. The second-order valence-electron chi connectivity index (χ2n) is 4.90. The van der Waals surface area contributed by atoms with E-state index in [2.05, 4.69) is 33.9 Å². The van der Waals surface area contributed by atoms with Crippen LogP contribution in [0, 0.1) is 0 Å². The third-order valence-electron chi connectivity index (χ3n) is 3.28. The zero-order valence-corrected chi connectivity index (χ0v) is 9.56. The smallest absolute Gasteiger partial charge is 0.120 e. The van der Waals surface area contributed by atoms with Crippen LogP contribution in [0.5, 0.6) is 0 Å². The summed E-state index contributed by atoms with van der Waals surface area (Å²) in [5, 5.41) is 0.327. The molecule has 11 heavy (non-hydrogen) atoms. The van der Waals surface area contributed by atoms with Crippen molar-refractivity contribution in [3.05, 3.63) is 0 Å². The fraction of sp³-hybridized carbons (Fsp3) is 0.889. The molecule has 0 heterocycles. The molecular weight excluding hydrogens is 152 g/mol. The number of carbonyl (C=O) groups is 1. The summed E-state index contributed by atoms with van der Waals surface area (Å²) in [7, 11) is -1.38. The standard InChI is InChI=1S/C9H20OSi/c1-8(7-10)11(5,6)9(2,3)4/h7-8H,1-6H3. The summed E-state index contributed by atoms with van der Waals surface area (Å²) in [4.78, 5) is 10.6. The molecule has 0 aliphatic heterocycles. The van der Waals surface area contributed by atoms with Crippen LogP contribution in [0.1, 0.15) is 27.7 Å². The molecule has 0 aromatic carbocycles. The molecule has 0 aromatic heterocycles. The van der Waals surface area contributed by atoms with Crippen molar-refractivity contribution in [3.63, 3.8) is 0 Å². The highest BCUT2D eigenvalue weighted by Gasteiger charge is 2.39. The van der Waals surface area contributed by atoms with E-state index in [0.29, 0.717) is 5.04 Å². The molecule has 0 radical (unpaired) electrons. The monoisotopic (exact) mass is 172 g/mol. The van der Waals surface area contributed by atoms with Gasteiger partial charge in [0.2, 0.25) is 0 Å². The molecule has 0 N–H and O–H groups in total. The van der Waals surface area contributed by atoms with Gasteiger partial charge in [-0.3, -0.25) is 0 Å². The summed E-state index contributed by atoms with van der Waals surface area (Å²) in [6.45, 7) is 13.3. The first-order valence-electron chi connectivity index (χ1n) is 4.19. The van der Waals surface area contributed by atoms with Gasteiger partial charge in [0.1, 0.15) is 6.29 Å². The molecule has 1 nitrogen and oxygen atoms in total. The summed E-state index contributed by atoms with van der Waals surface area (Å²) < 4.78 is 0. The van der Waals surface area contributed by atoms with Crippen molar-refractivity contribution in [2.45, 2.75) is 51.4 Å². The van der Waals surface area contributed by atoms with Crippen LogP contribution in [0.4, 0.5) is 0 Å². The van der Waals surface area contributed by atoms with Gasteiger partial charge in [0.15, 0.2) is 0 Å². The Morgan fingerprint density at radius 2 is 1.64 bits per heavy atom. The Kier molecular flexibility index (Phi) is 3.06. The maximum atomic E-state index is 10.6. The lowest BCUT2D eigenvalue weighted by atomic mass is 10.2. The molecule has 0 saturated carbocycles. The average Bonchev–Trinajstić information content (AvgIpc) is 1.83. The molecule has 0 fully saturated rings. The summed E-state index contributed by atoms with van der Waals surface area (Å²) in [6.07, 6.45) is 1.11. The van der Waals surface area contributed by atoms with Gasteiger partial charge in [-0.25, -0.2) is 0 Å². The number of carbonyl (C=O) groups excluding carboxylic acids is 1. The van der Waals surface area contributed by atoms with Crippen molar-refractivity contribution in [1.29, 1.82) is 0 Å². The van der Waals surface area contributed by atoms with E-state index in [1.807, 2.05) is 6.92 Å². The Labute approximate surface area is 71.2 Å². The van der Waals surface area contributed by atoms with Crippen molar-refractivity contribution in [2.75, 3.05) is 0 Å². The van der Waals surface area contributed by atoms with Gasteiger partial charge in [0.25, 0.3) is 0 Å². The second kappa shape index (κ2) is 3.09. The number of aldehydes is 1. The second-order valence-corrected chi connectivity index (χ2v) is 10.8. The van der Waals surface area contributed by atoms with Crippen molar-refractivity contribution >= 4 is 14.4 Å². The van der Waals surface area contributed by atoms with E-state index in [9.17, 15) is 4.79 Å². The minimum atomic E-state index is -1.38. The Balaban J connectivity index is 4.58. The summed E-state index contributed by atoms with van der Waals surface area (Å²) >= 11 is 0. The lowest BCUT2D eigenvalue weighted by Gasteiger charge is -2.39. The lowest BCUT2D eigenvalue weighted by molar-refractivity contribution is -0.107. The van der Waals surface area contributed by atoms with Crippen LogP contribution < -0.4 is 0 Å². The van der Waals surface area contributed by atoms with Crippen LogP contribution in [0.15, 0.2) is 0 Å². The zero-order valence-electron chi connectivity index (χ0n) is 8.56. The van der Waals surface area contributed by atoms with E-state index in [1.165, 1.54) is 0 Å². The van der Waals surface area contributed by atoms with Crippen molar-refractivity contribution in [1.82, 2.24) is 0 Å². The van der Waals surface area contributed by atoms with E-state index in [4.69, 9.17) is 0 Å². The fourth-order valence-corrected chi connectivity index (χ4v) is 2.56. The van der Waals surface area contributed by atoms with Gasteiger partial charge >= 0.3 is 0 Å². The molecular formula is C9H20OSi. The topological polar surface area (TPSA) is 17.1 Å². The van der Waals surface area contributed by atoms with Crippen LogP contribution in [0.25, 0.3) is 0 Å². The first-order valence-corrected chi connectivity index (χ1v) is 7.26. The van der Waals surface area contributed by atoms with E-state index in [0.717, 1.165) is 6.29 Å². The number of hydrogen-bond donors (Lipinski definition) is 0. The maximum absolute atomic E-state index is 10.6. The van der Waals surface area contributed by atoms with Crippen molar-refractivity contribution in [2.24, 2.45) is 0 Å². The van der Waals surface area contributed by atoms with Crippen LogP contribution >= 0.6 is 0 Å². The lowest BCUT2D eigenvalue weighted by Crippen LogP contribution is -2.41. The van der Waals surface area contributed by atoms with Gasteiger partial charge in [-0.2, -0.15) is 0 Å². The van der Waals surface area contributed by atoms with Gasteiger partial charge in [0, 0.05) is 5.54 Å². The minimum Gasteiger partial charge on any atom is -0.303 e. The van der Waals surface area contributed by atoms with E-state index >= 15 is 0 Å². The molecule has 0 aliphatic carbocycles. The minimum absolute atomic E-state index is 0.266. The average molecular weight is 172 g/mol. The largest absolute Gasteiger partial charge is 0.303 e. The van der Waals surface area contributed by atoms with E-state index < -0.39 is 8.07 Å².